The molecule has 2 aliphatic heterocycles. The number of nitrogens with one attached hydrogen (secondary N) is 1. The highest BCUT2D eigenvalue weighted by molar-refractivity contribution is 5.03. The van der Waals surface area contributed by atoms with Crippen LogP contribution in [0.2, 0.25) is 0 Å². The van der Waals surface area contributed by atoms with E-state index < -0.39 is 0 Å². The van der Waals surface area contributed by atoms with Crippen molar-refractivity contribution in [3.63, 3.8) is 0 Å². The summed E-state index contributed by atoms with van der Waals surface area (Å²) >= 11 is 0. The maximum Gasteiger partial charge on any atom is 0.251 e. The zero-order valence-corrected chi connectivity index (χ0v) is 11.8. The van der Waals surface area contributed by atoms with Crippen LogP contribution in [0, 0.1) is 6.92 Å². The third-order valence-corrected chi connectivity index (χ3v) is 4.00. The van der Waals surface area contributed by atoms with Crippen molar-refractivity contribution >= 4 is 0 Å². The highest BCUT2D eigenvalue weighted by Crippen LogP contribution is 2.23. The van der Waals surface area contributed by atoms with Crippen LogP contribution in [0.4, 0.5) is 0 Å². The van der Waals surface area contributed by atoms with E-state index in [0.29, 0.717) is 18.5 Å². The van der Waals surface area contributed by atoms with Gasteiger partial charge in [0.25, 0.3) is 5.56 Å². The lowest BCUT2D eigenvalue weighted by molar-refractivity contribution is -0.0664. The van der Waals surface area contributed by atoms with Gasteiger partial charge in [-0.3, -0.25) is 9.69 Å². The Morgan fingerprint density at radius 2 is 2.15 bits per heavy atom. The van der Waals surface area contributed by atoms with Gasteiger partial charge in [-0.05, 0) is 19.8 Å². The Morgan fingerprint density at radius 3 is 2.90 bits per heavy atom. The quantitative estimate of drug-likeness (QED) is 0.860. The lowest BCUT2D eigenvalue weighted by Gasteiger charge is -2.39. The van der Waals surface area contributed by atoms with Gasteiger partial charge in [-0.1, -0.05) is 0 Å². The van der Waals surface area contributed by atoms with Crippen molar-refractivity contribution in [1.29, 1.82) is 0 Å². The highest BCUT2D eigenvalue weighted by atomic mass is 16.5. The monoisotopic (exact) mass is 279 g/mol. The second-order valence-electron chi connectivity index (χ2n) is 5.47. The average Bonchev–Trinajstić information content (AvgIpc) is 2.47. The fraction of sp³-hybridized carbons (Fsp3) is 0.714. The van der Waals surface area contributed by atoms with Crippen LogP contribution in [0.15, 0.2) is 10.9 Å². The van der Waals surface area contributed by atoms with Gasteiger partial charge in [0.15, 0.2) is 0 Å². The third-order valence-electron chi connectivity index (χ3n) is 4.00. The van der Waals surface area contributed by atoms with E-state index in [1.807, 2.05) is 6.92 Å². The molecular formula is C14H21N3O3. The van der Waals surface area contributed by atoms with Crippen molar-refractivity contribution in [3.8, 4) is 0 Å². The normalized spacial score (nSPS) is 25.8. The van der Waals surface area contributed by atoms with Gasteiger partial charge in [-0.2, -0.15) is 0 Å². The van der Waals surface area contributed by atoms with Gasteiger partial charge in [-0.15, -0.1) is 0 Å². The summed E-state index contributed by atoms with van der Waals surface area (Å²) in [5, 5.41) is 0. The zero-order valence-electron chi connectivity index (χ0n) is 11.8. The number of ether oxygens (including phenoxy) is 2. The molecule has 110 valence electrons. The van der Waals surface area contributed by atoms with Crippen molar-refractivity contribution in [2.45, 2.75) is 31.9 Å². The standard InChI is InChI=1S/C14H21N3O3/c1-10-8-13(18)16-14(15-10)12-9-17(4-7-20-12)11-2-5-19-6-3-11/h8,11-12H,2-7,9H2,1H3,(H,15,16,18)/t12-/m1/s1. The van der Waals surface area contributed by atoms with E-state index in [1.54, 1.807) is 0 Å². The maximum absolute atomic E-state index is 11.6. The molecule has 2 aliphatic rings. The topological polar surface area (TPSA) is 67.5 Å². The minimum Gasteiger partial charge on any atom is -0.381 e. The summed E-state index contributed by atoms with van der Waals surface area (Å²) in [6.07, 6.45) is 2.01. The molecule has 0 bridgehead atoms. The Labute approximate surface area is 118 Å². The van der Waals surface area contributed by atoms with Crippen LogP contribution >= 0.6 is 0 Å². The largest absolute Gasteiger partial charge is 0.381 e. The van der Waals surface area contributed by atoms with Crippen LogP contribution in [-0.4, -0.2) is 53.8 Å². The van der Waals surface area contributed by atoms with Crippen molar-refractivity contribution < 1.29 is 9.47 Å². The molecule has 0 spiro atoms. The van der Waals surface area contributed by atoms with Gasteiger partial charge in [0.05, 0.1) is 6.61 Å². The number of rotatable bonds is 2. The maximum atomic E-state index is 11.6. The minimum absolute atomic E-state index is 0.112. The number of hydrogen-bond acceptors (Lipinski definition) is 5. The van der Waals surface area contributed by atoms with E-state index in [-0.39, 0.29) is 11.7 Å². The van der Waals surface area contributed by atoms with Crippen molar-refractivity contribution in [2.75, 3.05) is 32.9 Å². The summed E-state index contributed by atoms with van der Waals surface area (Å²) in [4.78, 5) is 21.2. The Bertz CT molecular complexity index is 511. The third kappa shape index (κ3) is 3.08. The number of aromatic nitrogens is 2. The Morgan fingerprint density at radius 1 is 1.35 bits per heavy atom. The van der Waals surface area contributed by atoms with E-state index in [9.17, 15) is 4.79 Å². The summed E-state index contributed by atoms with van der Waals surface area (Å²) in [5.41, 5.74) is 0.620. The Hall–Kier alpha value is -1.24. The van der Waals surface area contributed by atoms with Crippen LogP contribution in [0.5, 0.6) is 0 Å². The van der Waals surface area contributed by atoms with Crippen LogP contribution in [-0.2, 0) is 9.47 Å². The predicted octanol–water partition coefficient (Wildman–Crippen LogP) is 0.631. The van der Waals surface area contributed by atoms with Gasteiger partial charge in [-0.25, -0.2) is 4.98 Å². The summed E-state index contributed by atoms with van der Waals surface area (Å²) in [5.74, 6) is 0.645. The number of hydrogen-bond donors (Lipinski definition) is 1. The molecule has 6 heteroatoms. The van der Waals surface area contributed by atoms with Gasteiger partial charge >= 0.3 is 0 Å². The molecule has 2 fully saturated rings. The van der Waals surface area contributed by atoms with Crippen LogP contribution in [0.3, 0.4) is 0 Å². The van der Waals surface area contributed by atoms with Gasteiger partial charge in [0, 0.05) is 44.1 Å². The number of aryl methyl sites for hydroxylation is 1. The minimum atomic E-state index is -0.140. The molecule has 20 heavy (non-hydrogen) atoms. The fourth-order valence-electron chi connectivity index (χ4n) is 2.97. The van der Waals surface area contributed by atoms with Gasteiger partial charge in [0.1, 0.15) is 11.9 Å². The summed E-state index contributed by atoms with van der Waals surface area (Å²) < 4.78 is 11.2. The van der Waals surface area contributed by atoms with Crippen LogP contribution in [0.1, 0.15) is 30.5 Å². The molecule has 1 aromatic heterocycles. The molecule has 6 nitrogen and oxygen atoms in total. The number of aromatic amines is 1. The zero-order chi connectivity index (χ0) is 13.9. The first-order valence-corrected chi connectivity index (χ1v) is 7.23. The summed E-state index contributed by atoms with van der Waals surface area (Å²) in [6.45, 7) is 5.92. The number of nitrogens with zero attached hydrogens (tertiary/aromatic N) is 2. The average molecular weight is 279 g/mol. The molecule has 0 amide bonds. The second-order valence-corrected chi connectivity index (χ2v) is 5.47. The summed E-state index contributed by atoms with van der Waals surface area (Å²) in [6, 6.07) is 2.06. The Balaban J connectivity index is 1.72. The molecule has 1 atom stereocenters. The summed E-state index contributed by atoms with van der Waals surface area (Å²) in [7, 11) is 0. The second kappa shape index (κ2) is 6.03. The Kier molecular flexibility index (Phi) is 4.14. The highest BCUT2D eigenvalue weighted by Gasteiger charge is 2.29. The SMILES string of the molecule is Cc1cc(=O)[nH]c([C@H]2CN(C3CCOCC3)CCO2)n1. The molecular weight excluding hydrogens is 258 g/mol. The van der Waals surface area contributed by atoms with Crippen LogP contribution < -0.4 is 5.56 Å². The lowest BCUT2D eigenvalue weighted by Crippen LogP contribution is -2.47. The molecule has 3 heterocycles. The van der Waals surface area contributed by atoms with Crippen LogP contribution in [0.25, 0.3) is 0 Å². The van der Waals surface area contributed by atoms with Crippen molar-refractivity contribution in [2.24, 2.45) is 0 Å². The molecule has 3 rings (SSSR count). The van der Waals surface area contributed by atoms with Gasteiger partial charge in [0.2, 0.25) is 0 Å². The molecule has 0 aliphatic carbocycles. The number of H-pyrrole nitrogens is 1. The fourth-order valence-corrected chi connectivity index (χ4v) is 2.97. The molecule has 0 radical (unpaired) electrons. The van der Waals surface area contributed by atoms with Crippen molar-refractivity contribution in [1.82, 2.24) is 14.9 Å². The van der Waals surface area contributed by atoms with E-state index in [4.69, 9.17) is 9.47 Å². The van der Waals surface area contributed by atoms with E-state index in [0.717, 1.165) is 44.8 Å². The first kappa shape index (κ1) is 13.7. The molecule has 1 N–H and O–H groups in total. The molecule has 0 aromatic carbocycles. The lowest BCUT2D eigenvalue weighted by atomic mass is 10.1. The molecule has 0 unspecified atom stereocenters. The van der Waals surface area contributed by atoms with E-state index >= 15 is 0 Å². The first-order chi connectivity index (χ1) is 9.72. The number of morpholine rings is 1. The van der Waals surface area contributed by atoms with Crippen molar-refractivity contribution in [3.05, 3.63) is 27.9 Å². The molecule has 0 saturated carbocycles. The smallest absolute Gasteiger partial charge is 0.251 e. The van der Waals surface area contributed by atoms with Gasteiger partial charge < -0.3 is 14.5 Å². The predicted molar refractivity (Wildman–Crippen MR) is 73.7 cm³/mol. The molecule has 2 saturated heterocycles. The van der Waals surface area contributed by atoms with E-state index in [1.165, 1.54) is 6.07 Å². The first-order valence-electron chi connectivity index (χ1n) is 7.23. The van der Waals surface area contributed by atoms with E-state index in [2.05, 4.69) is 14.9 Å². The molecule has 1 aromatic rings.